The summed E-state index contributed by atoms with van der Waals surface area (Å²) < 4.78 is 28.4. The van der Waals surface area contributed by atoms with Gasteiger partial charge in [0.1, 0.15) is 5.82 Å². The average molecular weight is 293 g/mol. The summed E-state index contributed by atoms with van der Waals surface area (Å²) in [6.07, 6.45) is 1.44. The molecule has 0 saturated heterocycles. The highest BCUT2D eigenvalue weighted by Crippen LogP contribution is 2.17. The highest BCUT2D eigenvalue weighted by Gasteiger charge is 2.18. The Morgan fingerprint density at radius 1 is 1.35 bits per heavy atom. The molecule has 1 aromatic heterocycles. The molecule has 0 aliphatic rings. The van der Waals surface area contributed by atoms with Gasteiger partial charge in [-0.15, -0.1) is 0 Å². The third kappa shape index (κ3) is 2.88. The first kappa shape index (κ1) is 14.3. The molecule has 7 heteroatoms. The smallest absolute Gasteiger partial charge is 0.280 e. The molecule has 2 rings (SSSR count). The van der Waals surface area contributed by atoms with Crippen LogP contribution in [0.2, 0.25) is 0 Å². The van der Waals surface area contributed by atoms with E-state index in [2.05, 4.69) is 9.71 Å². The number of aryl methyl sites for hydroxylation is 2. The lowest BCUT2D eigenvalue weighted by Crippen LogP contribution is -2.13. The van der Waals surface area contributed by atoms with Crippen LogP contribution in [0.4, 0.5) is 5.69 Å². The normalized spacial score (nSPS) is 11.3. The topological polar surface area (TPSA) is 81.1 Å². The summed E-state index contributed by atoms with van der Waals surface area (Å²) in [5, 5.41) is -0.0503. The van der Waals surface area contributed by atoms with E-state index in [1.807, 2.05) is 0 Å². The van der Waals surface area contributed by atoms with Crippen LogP contribution in [0.15, 0.2) is 35.5 Å². The lowest BCUT2D eigenvalue weighted by Gasteiger charge is -2.06. The standard InChI is InChI=1S/C13H15N3O3S/c1-9(17)11-5-4-6-12(7-11)15-20(18,19)13-8-16(3)10(2)14-13/h4-8,15H,1-3H3. The summed E-state index contributed by atoms with van der Waals surface area (Å²) in [7, 11) is -2.03. The molecule has 0 radical (unpaired) electrons. The third-order valence-electron chi connectivity index (χ3n) is 2.88. The summed E-state index contributed by atoms with van der Waals surface area (Å²) in [4.78, 5) is 15.3. The first-order chi connectivity index (χ1) is 9.29. The van der Waals surface area contributed by atoms with Crippen molar-refractivity contribution in [2.45, 2.75) is 18.9 Å². The van der Waals surface area contributed by atoms with E-state index in [9.17, 15) is 13.2 Å². The molecular formula is C13H15N3O3S. The fourth-order valence-corrected chi connectivity index (χ4v) is 2.76. The van der Waals surface area contributed by atoms with Gasteiger partial charge in [0.05, 0.1) is 0 Å². The van der Waals surface area contributed by atoms with Gasteiger partial charge in [0.25, 0.3) is 10.0 Å². The van der Waals surface area contributed by atoms with Crippen molar-refractivity contribution >= 4 is 21.5 Å². The Morgan fingerprint density at radius 2 is 2.05 bits per heavy atom. The summed E-state index contributed by atoms with van der Waals surface area (Å²) >= 11 is 0. The molecule has 106 valence electrons. The number of ketones is 1. The van der Waals surface area contributed by atoms with Crippen molar-refractivity contribution < 1.29 is 13.2 Å². The molecule has 0 fully saturated rings. The van der Waals surface area contributed by atoms with Gasteiger partial charge in [-0.2, -0.15) is 8.42 Å². The van der Waals surface area contributed by atoms with Gasteiger partial charge < -0.3 is 4.57 Å². The Balaban J connectivity index is 2.33. The fraction of sp³-hybridized carbons (Fsp3) is 0.231. The van der Waals surface area contributed by atoms with Gasteiger partial charge in [0.2, 0.25) is 0 Å². The van der Waals surface area contributed by atoms with Crippen molar-refractivity contribution in [1.82, 2.24) is 9.55 Å². The second kappa shape index (κ2) is 5.09. The molecule has 1 aromatic carbocycles. The minimum Gasteiger partial charge on any atom is -0.337 e. The highest BCUT2D eigenvalue weighted by atomic mass is 32.2. The average Bonchev–Trinajstić information content (AvgIpc) is 2.70. The lowest BCUT2D eigenvalue weighted by molar-refractivity contribution is 0.101. The SMILES string of the molecule is CC(=O)c1cccc(NS(=O)(=O)c2cn(C)c(C)n2)c1. The molecule has 0 bridgehead atoms. The largest absolute Gasteiger partial charge is 0.337 e. The van der Waals surface area contributed by atoms with E-state index in [0.717, 1.165) is 0 Å². The number of hydrogen-bond acceptors (Lipinski definition) is 4. The number of imidazole rings is 1. The van der Waals surface area contributed by atoms with Crippen molar-refractivity contribution in [3.05, 3.63) is 41.9 Å². The van der Waals surface area contributed by atoms with Gasteiger partial charge in [0.15, 0.2) is 10.8 Å². The van der Waals surface area contributed by atoms with Crippen molar-refractivity contribution in [3.63, 3.8) is 0 Å². The molecule has 0 saturated carbocycles. The van der Waals surface area contributed by atoms with Crippen LogP contribution in [0.1, 0.15) is 23.1 Å². The van der Waals surface area contributed by atoms with Crippen LogP contribution in [0.25, 0.3) is 0 Å². The molecule has 20 heavy (non-hydrogen) atoms. The minimum absolute atomic E-state index is 0.0503. The third-order valence-corrected chi connectivity index (χ3v) is 4.13. The van der Waals surface area contributed by atoms with Gasteiger partial charge in [-0.1, -0.05) is 12.1 Å². The maximum absolute atomic E-state index is 12.2. The molecule has 1 N–H and O–H groups in total. The predicted molar refractivity (Wildman–Crippen MR) is 75.2 cm³/mol. The number of carbonyl (C=O) groups excluding carboxylic acids is 1. The van der Waals surface area contributed by atoms with Crippen LogP contribution in [-0.4, -0.2) is 23.8 Å². The van der Waals surface area contributed by atoms with E-state index < -0.39 is 10.0 Å². The number of benzene rings is 1. The van der Waals surface area contributed by atoms with Crippen molar-refractivity contribution in [1.29, 1.82) is 0 Å². The maximum Gasteiger partial charge on any atom is 0.280 e. The highest BCUT2D eigenvalue weighted by molar-refractivity contribution is 7.92. The molecule has 0 atom stereocenters. The second-order valence-corrected chi connectivity index (χ2v) is 6.11. The molecular weight excluding hydrogens is 278 g/mol. The molecule has 0 amide bonds. The van der Waals surface area contributed by atoms with E-state index in [1.165, 1.54) is 19.2 Å². The van der Waals surface area contributed by atoms with Crippen LogP contribution < -0.4 is 4.72 Å². The number of nitrogens with zero attached hydrogens (tertiary/aromatic N) is 2. The number of rotatable bonds is 4. The van der Waals surface area contributed by atoms with Crippen LogP contribution in [-0.2, 0) is 17.1 Å². The molecule has 6 nitrogen and oxygen atoms in total. The van der Waals surface area contributed by atoms with Crippen LogP contribution in [0.3, 0.4) is 0 Å². The number of hydrogen-bond donors (Lipinski definition) is 1. The summed E-state index contributed by atoms with van der Waals surface area (Å²) in [5.74, 6) is 0.475. The molecule has 0 aliphatic carbocycles. The van der Waals surface area contributed by atoms with E-state index >= 15 is 0 Å². The summed E-state index contributed by atoms with van der Waals surface area (Å²) in [6.45, 7) is 3.14. The van der Waals surface area contributed by atoms with Crippen molar-refractivity contribution in [2.24, 2.45) is 7.05 Å². The van der Waals surface area contributed by atoms with E-state index in [4.69, 9.17) is 0 Å². The Kier molecular flexibility index (Phi) is 3.63. The van der Waals surface area contributed by atoms with Crippen molar-refractivity contribution in [2.75, 3.05) is 4.72 Å². The number of Topliss-reactive ketones (excluding diaryl/α,β-unsaturated/α-hetero) is 1. The Bertz CT molecular complexity index is 743. The first-order valence-corrected chi connectivity index (χ1v) is 7.42. The van der Waals surface area contributed by atoms with Gasteiger partial charge in [-0.3, -0.25) is 9.52 Å². The van der Waals surface area contributed by atoms with Gasteiger partial charge in [-0.05, 0) is 26.0 Å². The van der Waals surface area contributed by atoms with Crippen LogP contribution in [0, 0.1) is 6.92 Å². The number of sulfonamides is 1. The fourth-order valence-electron chi connectivity index (χ4n) is 1.66. The monoisotopic (exact) mass is 293 g/mol. The van der Waals surface area contributed by atoms with E-state index in [1.54, 1.807) is 36.7 Å². The molecule has 1 heterocycles. The Hall–Kier alpha value is -2.15. The minimum atomic E-state index is -3.75. The first-order valence-electron chi connectivity index (χ1n) is 5.93. The zero-order chi connectivity index (χ0) is 14.9. The van der Waals surface area contributed by atoms with E-state index in [0.29, 0.717) is 17.1 Å². The number of aromatic nitrogens is 2. The number of nitrogens with one attached hydrogen (secondary N) is 1. The molecule has 0 aliphatic heterocycles. The van der Waals surface area contributed by atoms with Crippen LogP contribution >= 0.6 is 0 Å². The predicted octanol–water partition coefficient (Wildman–Crippen LogP) is 1.73. The summed E-state index contributed by atoms with van der Waals surface area (Å²) in [5.41, 5.74) is 0.781. The molecule has 0 spiro atoms. The Morgan fingerprint density at radius 3 is 2.60 bits per heavy atom. The van der Waals surface area contributed by atoms with Crippen LogP contribution in [0.5, 0.6) is 0 Å². The van der Waals surface area contributed by atoms with E-state index in [-0.39, 0.29) is 10.8 Å². The number of carbonyl (C=O) groups is 1. The van der Waals surface area contributed by atoms with Gasteiger partial charge >= 0.3 is 0 Å². The number of anilines is 1. The van der Waals surface area contributed by atoms with Crippen molar-refractivity contribution in [3.8, 4) is 0 Å². The Labute approximate surface area is 117 Å². The molecule has 2 aromatic rings. The van der Waals surface area contributed by atoms with Gasteiger partial charge in [0, 0.05) is 24.5 Å². The van der Waals surface area contributed by atoms with Gasteiger partial charge in [-0.25, -0.2) is 4.98 Å². The maximum atomic E-state index is 12.2. The zero-order valence-electron chi connectivity index (χ0n) is 11.4. The quantitative estimate of drug-likeness (QED) is 0.870. The molecule has 0 unspecified atom stereocenters. The second-order valence-electron chi connectivity index (χ2n) is 4.48. The zero-order valence-corrected chi connectivity index (χ0v) is 12.2. The lowest BCUT2D eigenvalue weighted by atomic mass is 10.1. The summed E-state index contributed by atoms with van der Waals surface area (Å²) in [6, 6.07) is 6.33.